The molecule has 0 saturated heterocycles. The average molecular weight is 296 g/mol. The van der Waals surface area contributed by atoms with Crippen molar-refractivity contribution >= 4 is 17.5 Å². The van der Waals surface area contributed by atoms with Gasteiger partial charge in [0.25, 0.3) is 11.8 Å². The molecule has 3 rings (SSSR count). The van der Waals surface area contributed by atoms with Crippen molar-refractivity contribution in [3.8, 4) is 5.75 Å². The Morgan fingerprint density at radius 3 is 2.64 bits per heavy atom. The molecule has 0 saturated carbocycles. The molecule has 2 aromatic rings. The number of fused-ring (bicyclic) bond motifs is 1. The van der Waals surface area contributed by atoms with E-state index in [1.165, 1.54) is 0 Å². The quantitative estimate of drug-likeness (QED) is 0.909. The summed E-state index contributed by atoms with van der Waals surface area (Å²) in [6.45, 7) is 0.369. The molecule has 22 heavy (non-hydrogen) atoms. The minimum absolute atomic E-state index is 0.155. The summed E-state index contributed by atoms with van der Waals surface area (Å²) in [6.07, 6.45) is -0.176. The first kappa shape index (κ1) is 14.1. The Morgan fingerprint density at radius 2 is 1.82 bits per heavy atom. The van der Waals surface area contributed by atoms with Gasteiger partial charge in [0.15, 0.2) is 6.10 Å². The van der Waals surface area contributed by atoms with Gasteiger partial charge in [0.2, 0.25) is 0 Å². The summed E-state index contributed by atoms with van der Waals surface area (Å²) in [4.78, 5) is 23.9. The van der Waals surface area contributed by atoms with Crippen LogP contribution in [0.15, 0.2) is 54.6 Å². The van der Waals surface area contributed by atoms with Crippen LogP contribution in [0.2, 0.25) is 0 Å². The highest BCUT2D eigenvalue weighted by molar-refractivity contribution is 5.98. The van der Waals surface area contributed by atoms with Crippen LogP contribution in [0, 0.1) is 0 Å². The zero-order valence-electron chi connectivity index (χ0n) is 11.9. The van der Waals surface area contributed by atoms with Crippen LogP contribution in [0.4, 0.5) is 5.69 Å². The van der Waals surface area contributed by atoms with Gasteiger partial charge in [0.05, 0.1) is 5.69 Å². The molecule has 0 aliphatic carbocycles. The van der Waals surface area contributed by atoms with Crippen molar-refractivity contribution in [2.45, 2.75) is 12.5 Å². The smallest absolute Gasteiger partial charge is 0.265 e. The highest BCUT2D eigenvalue weighted by Crippen LogP contribution is 2.29. The first-order chi connectivity index (χ1) is 10.7. The number of ether oxygens (including phenoxy) is 1. The maximum absolute atomic E-state index is 12.0. The molecular formula is C17H16N2O3. The van der Waals surface area contributed by atoms with E-state index in [9.17, 15) is 9.59 Å². The van der Waals surface area contributed by atoms with Gasteiger partial charge >= 0.3 is 0 Å². The molecule has 0 fully saturated rings. The Bertz CT molecular complexity index is 685. The molecule has 1 aliphatic rings. The fraction of sp³-hybridized carbons (Fsp3) is 0.176. The number of benzene rings is 2. The van der Waals surface area contributed by atoms with Crippen LogP contribution in [0.5, 0.6) is 5.75 Å². The van der Waals surface area contributed by atoms with Gasteiger partial charge in [-0.2, -0.15) is 0 Å². The van der Waals surface area contributed by atoms with Crippen molar-refractivity contribution in [1.82, 2.24) is 5.32 Å². The summed E-state index contributed by atoms with van der Waals surface area (Å²) in [5.41, 5.74) is 1.28. The van der Waals surface area contributed by atoms with Crippen molar-refractivity contribution in [1.29, 1.82) is 0 Å². The summed E-state index contributed by atoms with van der Waals surface area (Å²) in [7, 11) is 0. The van der Waals surface area contributed by atoms with Crippen LogP contribution >= 0.6 is 0 Å². The fourth-order valence-corrected chi connectivity index (χ4v) is 2.29. The largest absolute Gasteiger partial charge is 0.478 e. The predicted molar refractivity (Wildman–Crippen MR) is 82.9 cm³/mol. The average Bonchev–Trinajstić information content (AvgIpc) is 2.56. The van der Waals surface area contributed by atoms with Crippen LogP contribution in [0.3, 0.4) is 0 Å². The number of hydrogen-bond acceptors (Lipinski definition) is 3. The number of hydrogen-bond donors (Lipinski definition) is 2. The lowest BCUT2D eigenvalue weighted by Crippen LogP contribution is -2.39. The molecule has 2 amide bonds. The van der Waals surface area contributed by atoms with E-state index in [-0.39, 0.29) is 11.8 Å². The number of amides is 2. The van der Waals surface area contributed by atoms with Gasteiger partial charge in [-0.15, -0.1) is 0 Å². The summed E-state index contributed by atoms with van der Waals surface area (Å²) >= 11 is 0. The molecule has 0 spiro atoms. The molecule has 1 aliphatic heterocycles. The number of rotatable bonds is 4. The minimum atomic E-state index is -0.592. The van der Waals surface area contributed by atoms with Gasteiger partial charge in [-0.05, 0) is 24.3 Å². The second-order valence-corrected chi connectivity index (χ2v) is 5.00. The summed E-state index contributed by atoms with van der Waals surface area (Å²) in [5.74, 6) is 0.311. The molecule has 2 N–H and O–H groups in total. The topological polar surface area (TPSA) is 67.4 Å². The summed E-state index contributed by atoms with van der Waals surface area (Å²) < 4.78 is 5.67. The molecule has 0 radical (unpaired) electrons. The van der Waals surface area contributed by atoms with Crippen LogP contribution < -0.4 is 15.4 Å². The van der Waals surface area contributed by atoms with Crippen LogP contribution in [-0.2, 0) is 4.79 Å². The third-order valence-electron chi connectivity index (χ3n) is 3.43. The zero-order valence-corrected chi connectivity index (χ0v) is 11.9. The molecule has 5 nitrogen and oxygen atoms in total. The number of para-hydroxylation sites is 2. The van der Waals surface area contributed by atoms with Crippen molar-refractivity contribution in [3.63, 3.8) is 0 Å². The molecular weight excluding hydrogens is 280 g/mol. The highest BCUT2D eigenvalue weighted by atomic mass is 16.5. The van der Waals surface area contributed by atoms with Gasteiger partial charge in [-0.1, -0.05) is 30.3 Å². The molecule has 0 bridgehead atoms. The monoisotopic (exact) mass is 296 g/mol. The maximum Gasteiger partial charge on any atom is 0.265 e. The molecule has 1 atom stereocenters. The molecule has 1 unspecified atom stereocenters. The van der Waals surface area contributed by atoms with Crippen molar-refractivity contribution < 1.29 is 14.3 Å². The normalized spacial score (nSPS) is 16.2. The molecule has 5 heteroatoms. The minimum Gasteiger partial charge on any atom is -0.478 e. The standard InChI is InChI=1S/C17H16N2O3/c20-16(12-6-2-1-3-7-12)18-11-10-15-17(21)19-13-8-4-5-9-14(13)22-15/h1-9,15H,10-11H2,(H,18,20)(H,19,21). The van der Waals surface area contributed by atoms with E-state index in [1.54, 1.807) is 18.2 Å². The third kappa shape index (κ3) is 3.09. The Hall–Kier alpha value is -2.82. The molecule has 1 heterocycles. The maximum atomic E-state index is 12.0. The van der Waals surface area contributed by atoms with E-state index < -0.39 is 6.10 Å². The summed E-state index contributed by atoms with van der Waals surface area (Å²) in [5, 5.41) is 5.59. The Balaban J connectivity index is 1.54. The fourth-order valence-electron chi connectivity index (χ4n) is 2.29. The van der Waals surface area contributed by atoms with Crippen molar-refractivity contribution in [3.05, 3.63) is 60.2 Å². The lowest BCUT2D eigenvalue weighted by atomic mass is 10.1. The van der Waals surface area contributed by atoms with E-state index in [0.29, 0.717) is 30.0 Å². The zero-order chi connectivity index (χ0) is 15.4. The SMILES string of the molecule is O=C(NCCC1Oc2ccccc2NC1=O)c1ccccc1. The Kier molecular flexibility index (Phi) is 4.05. The van der Waals surface area contributed by atoms with Crippen molar-refractivity contribution in [2.24, 2.45) is 0 Å². The Labute approximate surface area is 128 Å². The third-order valence-corrected chi connectivity index (χ3v) is 3.43. The summed E-state index contributed by atoms with van der Waals surface area (Å²) in [6, 6.07) is 16.3. The second-order valence-electron chi connectivity index (χ2n) is 5.00. The molecule has 112 valence electrons. The van der Waals surface area contributed by atoms with Gasteiger partial charge in [-0.3, -0.25) is 9.59 Å². The van der Waals surface area contributed by atoms with Gasteiger partial charge < -0.3 is 15.4 Å². The van der Waals surface area contributed by atoms with Crippen LogP contribution in [-0.4, -0.2) is 24.5 Å². The lowest BCUT2D eigenvalue weighted by Gasteiger charge is -2.25. The van der Waals surface area contributed by atoms with E-state index in [1.807, 2.05) is 36.4 Å². The van der Waals surface area contributed by atoms with Crippen LogP contribution in [0.1, 0.15) is 16.8 Å². The van der Waals surface area contributed by atoms with E-state index in [0.717, 1.165) is 0 Å². The van der Waals surface area contributed by atoms with E-state index in [2.05, 4.69) is 10.6 Å². The van der Waals surface area contributed by atoms with Crippen LogP contribution in [0.25, 0.3) is 0 Å². The number of carbonyl (C=O) groups is 2. The van der Waals surface area contributed by atoms with Gasteiger partial charge in [-0.25, -0.2) is 0 Å². The number of anilines is 1. The second kappa shape index (κ2) is 6.30. The molecule has 2 aromatic carbocycles. The first-order valence-corrected chi connectivity index (χ1v) is 7.14. The van der Waals surface area contributed by atoms with Gasteiger partial charge in [0, 0.05) is 18.5 Å². The number of carbonyl (C=O) groups excluding carboxylic acids is 2. The Morgan fingerprint density at radius 1 is 1.09 bits per heavy atom. The predicted octanol–water partition coefficient (Wildman–Crippen LogP) is 2.21. The van der Waals surface area contributed by atoms with E-state index in [4.69, 9.17) is 4.74 Å². The first-order valence-electron chi connectivity index (χ1n) is 7.14. The highest BCUT2D eigenvalue weighted by Gasteiger charge is 2.26. The van der Waals surface area contributed by atoms with Gasteiger partial charge in [0.1, 0.15) is 5.75 Å². The van der Waals surface area contributed by atoms with E-state index >= 15 is 0 Å². The number of nitrogens with one attached hydrogen (secondary N) is 2. The lowest BCUT2D eigenvalue weighted by molar-refractivity contribution is -0.123. The van der Waals surface area contributed by atoms with Crippen molar-refractivity contribution in [2.75, 3.05) is 11.9 Å². The molecule has 0 aromatic heterocycles.